The number of carbonyl (C=O) groups excluding carboxylic acids is 1. The van der Waals surface area contributed by atoms with Crippen molar-refractivity contribution in [2.24, 2.45) is 0 Å². The molecule has 0 aromatic heterocycles. The lowest BCUT2D eigenvalue weighted by Gasteiger charge is -2.31. The molecule has 0 aliphatic rings. The fourth-order valence-corrected chi connectivity index (χ4v) is 8.12. The van der Waals surface area contributed by atoms with Crippen LogP contribution in [0.2, 0.25) is 0 Å². The number of unbranched alkanes of at least 4 members (excludes halogenated alkanes) is 15. The first kappa shape index (κ1) is 67.9. The second kappa shape index (κ2) is 50.4. The molecule has 0 fully saturated rings. The average molecular weight is 1010 g/mol. The molecule has 0 aliphatic carbocycles. The number of phosphoric acid groups is 1. The molecule has 4 atom stereocenters. The van der Waals surface area contributed by atoms with E-state index in [0.717, 1.165) is 116 Å². The molecule has 0 spiro atoms. The van der Waals surface area contributed by atoms with Crippen LogP contribution < -0.4 is 10.2 Å². The van der Waals surface area contributed by atoms with Gasteiger partial charge in [-0.15, -0.1) is 0 Å². The van der Waals surface area contributed by atoms with Gasteiger partial charge in [-0.05, 0) is 89.9 Å². The summed E-state index contributed by atoms with van der Waals surface area (Å²) in [6.45, 7) is 4.28. The summed E-state index contributed by atoms with van der Waals surface area (Å²) in [5.41, 5.74) is 0. The van der Waals surface area contributed by atoms with Gasteiger partial charge in [0.1, 0.15) is 19.3 Å². The summed E-state index contributed by atoms with van der Waals surface area (Å²) in [5, 5.41) is 24.7. The van der Waals surface area contributed by atoms with Crippen molar-refractivity contribution in [3.8, 4) is 0 Å². The van der Waals surface area contributed by atoms with E-state index in [4.69, 9.17) is 9.05 Å². The molecule has 0 aromatic carbocycles. The van der Waals surface area contributed by atoms with Gasteiger partial charge in [-0.3, -0.25) is 9.36 Å². The molecule has 406 valence electrons. The van der Waals surface area contributed by atoms with E-state index >= 15 is 0 Å². The van der Waals surface area contributed by atoms with Gasteiger partial charge < -0.3 is 34.0 Å². The molecule has 4 unspecified atom stereocenters. The largest absolute Gasteiger partial charge is 0.756 e. The van der Waals surface area contributed by atoms with Gasteiger partial charge in [-0.25, -0.2) is 0 Å². The highest BCUT2D eigenvalue weighted by Crippen LogP contribution is 2.38. The molecule has 71 heavy (non-hydrogen) atoms. The van der Waals surface area contributed by atoms with Crippen LogP contribution in [0.4, 0.5) is 0 Å². The maximum Gasteiger partial charge on any atom is 0.268 e. The van der Waals surface area contributed by atoms with Crippen LogP contribution in [0.3, 0.4) is 0 Å². The van der Waals surface area contributed by atoms with Gasteiger partial charge in [0.15, 0.2) is 0 Å². The third kappa shape index (κ3) is 51.6. The van der Waals surface area contributed by atoms with Crippen LogP contribution in [0.5, 0.6) is 0 Å². The Labute approximate surface area is 436 Å². The van der Waals surface area contributed by atoms with Gasteiger partial charge >= 0.3 is 0 Å². The lowest BCUT2D eigenvalue weighted by molar-refractivity contribution is -0.870. The molecule has 0 bridgehead atoms. The zero-order valence-corrected chi connectivity index (χ0v) is 46.6. The van der Waals surface area contributed by atoms with E-state index in [9.17, 15) is 24.5 Å². The second-order valence-corrected chi connectivity index (χ2v) is 21.1. The highest BCUT2D eigenvalue weighted by molar-refractivity contribution is 7.45. The number of aliphatic hydroxyl groups is 2. The SMILES string of the molecule is CC/C=C\C/C=C\C/C=C\C/C=C\C/C=C\C/C=C\C/C=C\C/C=C\C/C=C\C/C=C\CCCCCCC(=O)NC(COP(=O)([O-])OCC[N+](C)(C)C)C(O)C(O)CCCCCCCCCCCCCC. The Bertz CT molecular complexity index is 1580. The summed E-state index contributed by atoms with van der Waals surface area (Å²) in [4.78, 5) is 25.5. The van der Waals surface area contributed by atoms with E-state index in [2.05, 4.69) is 141 Å². The number of nitrogens with one attached hydrogen (secondary N) is 1. The van der Waals surface area contributed by atoms with Crippen molar-refractivity contribution in [2.45, 2.75) is 218 Å². The third-order valence-electron chi connectivity index (χ3n) is 11.8. The molecule has 0 saturated heterocycles. The zero-order valence-electron chi connectivity index (χ0n) is 45.7. The zero-order chi connectivity index (χ0) is 52.2. The standard InChI is InChI=1S/C61H105N2O7P/c1-6-8-10-12-14-16-18-20-21-22-23-24-25-26-27-28-29-30-31-32-33-34-35-36-37-38-39-40-41-42-44-46-48-50-52-54-60(65)62-58(57-70-71(67,68)69-56-55-63(3,4)5)61(66)59(64)53-51-49-47-45-43-19-17-15-13-11-9-7-2/h8,10,14,16,20-21,23-24,26-27,29-30,32-33,35-36,38-39,41-42,58-59,61,64,66H,6-7,9,11-13,15,17-19,22,25,28,31,34,37,40,43-57H2,1-5H3,(H-,62,65,67,68)/b10-8-,16-14-,21-20-,24-23-,27-26-,30-29-,33-32-,36-35-,39-38-,42-41-. The smallest absolute Gasteiger partial charge is 0.268 e. The number of aliphatic hydroxyl groups excluding tert-OH is 2. The molecule has 0 saturated carbocycles. The average Bonchev–Trinajstić information content (AvgIpc) is 3.33. The minimum atomic E-state index is -4.69. The third-order valence-corrected chi connectivity index (χ3v) is 12.8. The minimum Gasteiger partial charge on any atom is -0.756 e. The summed E-state index contributed by atoms with van der Waals surface area (Å²) in [6.07, 6.45) is 71.1. The quantitative estimate of drug-likeness (QED) is 0.0240. The molecule has 0 aromatic rings. The predicted molar refractivity (Wildman–Crippen MR) is 303 cm³/mol. The molecular weight excluding hydrogens is 904 g/mol. The summed E-state index contributed by atoms with van der Waals surface area (Å²) < 4.78 is 23.2. The van der Waals surface area contributed by atoms with E-state index in [1.54, 1.807) is 0 Å². The van der Waals surface area contributed by atoms with Crippen molar-refractivity contribution in [3.05, 3.63) is 122 Å². The van der Waals surface area contributed by atoms with Crippen LogP contribution in [0.25, 0.3) is 0 Å². The van der Waals surface area contributed by atoms with Crippen LogP contribution in [0.1, 0.15) is 200 Å². The minimum absolute atomic E-state index is 0.0527. The number of likely N-dealkylation sites (N-methyl/N-ethyl adjacent to an activating group) is 1. The molecule has 9 nitrogen and oxygen atoms in total. The van der Waals surface area contributed by atoms with Crippen LogP contribution in [0, 0.1) is 0 Å². The van der Waals surface area contributed by atoms with E-state index in [0.29, 0.717) is 23.9 Å². The fourth-order valence-electron chi connectivity index (χ4n) is 7.40. The van der Waals surface area contributed by atoms with E-state index in [1.807, 2.05) is 21.1 Å². The lowest BCUT2D eigenvalue weighted by atomic mass is 9.99. The number of quaternary nitrogens is 1. The number of hydrogen-bond donors (Lipinski definition) is 3. The maximum absolute atomic E-state index is 13.0. The number of phosphoric ester groups is 1. The molecule has 1 amide bonds. The Morgan fingerprint density at radius 3 is 1.30 bits per heavy atom. The van der Waals surface area contributed by atoms with Crippen molar-refractivity contribution in [1.29, 1.82) is 0 Å². The number of rotatable bonds is 49. The number of allylic oxidation sites excluding steroid dienone is 20. The fraction of sp³-hybridized carbons (Fsp3) is 0.656. The maximum atomic E-state index is 13.0. The van der Waals surface area contributed by atoms with Gasteiger partial charge in [0, 0.05) is 6.42 Å². The molecule has 0 rings (SSSR count). The summed E-state index contributed by atoms with van der Waals surface area (Å²) in [6, 6.07) is -1.10. The molecule has 3 N–H and O–H groups in total. The van der Waals surface area contributed by atoms with Crippen molar-refractivity contribution >= 4 is 13.7 Å². The van der Waals surface area contributed by atoms with Crippen molar-refractivity contribution in [1.82, 2.24) is 5.32 Å². The van der Waals surface area contributed by atoms with E-state index in [1.165, 1.54) is 51.4 Å². The molecule has 0 heterocycles. The van der Waals surface area contributed by atoms with Crippen molar-refractivity contribution < 1.29 is 38.0 Å². The van der Waals surface area contributed by atoms with E-state index in [-0.39, 0.29) is 18.9 Å². The Kier molecular flexibility index (Phi) is 48.2. The monoisotopic (exact) mass is 1010 g/mol. The first-order valence-electron chi connectivity index (χ1n) is 28.0. The van der Waals surface area contributed by atoms with Crippen LogP contribution >= 0.6 is 7.82 Å². The summed E-state index contributed by atoms with van der Waals surface area (Å²) >= 11 is 0. The van der Waals surface area contributed by atoms with Gasteiger partial charge in [-0.1, -0.05) is 225 Å². The Balaban J connectivity index is 4.31. The lowest BCUT2D eigenvalue weighted by Crippen LogP contribution is -2.51. The van der Waals surface area contributed by atoms with Gasteiger partial charge in [0.2, 0.25) is 5.91 Å². The molecular formula is C61H105N2O7P. The molecule has 0 radical (unpaired) electrons. The highest BCUT2D eigenvalue weighted by Gasteiger charge is 2.29. The first-order valence-corrected chi connectivity index (χ1v) is 29.4. The number of amides is 1. The van der Waals surface area contributed by atoms with Crippen molar-refractivity contribution in [2.75, 3.05) is 40.9 Å². The first-order chi connectivity index (χ1) is 34.4. The normalized spacial score (nSPS) is 15.3. The van der Waals surface area contributed by atoms with Gasteiger partial charge in [0.05, 0.1) is 39.9 Å². The number of nitrogens with zero attached hydrogens (tertiary/aromatic N) is 1. The Morgan fingerprint density at radius 1 is 0.521 bits per heavy atom. The van der Waals surface area contributed by atoms with Crippen molar-refractivity contribution in [3.63, 3.8) is 0 Å². The Morgan fingerprint density at radius 2 is 0.887 bits per heavy atom. The molecule has 0 aliphatic heterocycles. The summed E-state index contributed by atoms with van der Waals surface area (Å²) in [5.74, 6) is -0.309. The predicted octanol–water partition coefficient (Wildman–Crippen LogP) is 15.3. The molecule has 10 heteroatoms. The van der Waals surface area contributed by atoms with Gasteiger partial charge in [0.25, 0.3) is 7.82 Å². The van der Waals surface area contributed by atoms with Gasteiger partial charge in [-0.2, -0.15) is 0 Å². The van der Waals surface area contributed by atoms with Crippen LogP contribution in [0.15, 0.2) is 122 Å². The number of hydrogen-bond acceptors (Lipinski definition) is 7. The highest BCUT2D eigenvalue weighted by atomic mass is 31.2. The summed E-state index contributed by atoms with van der Waals surface area (Å²) in [7, 11) is 1.09. The topological polar surface area (TPSA) is 128 Å². The van der Waals surface area contributed by atoms with Crippen LogP contribution in [-0.2, 0) is 18.4 Å². The number of carbonyl (C=O) groups is 1. The Hall–Kier alpha value is -3.14. The second-order valence-electron chi connectivity index (χ2n) is 19.7. The van der Waals surface area contributed by atoms with E-state index < -0.39 is 32.7 Å². The van der Waals surface area contributed by atoms with Crippen LogP contribution in [-0.4, -0.2) is 79.8 Å².